The number of alkyl halides is 4. The summed E-state index contributed by atoms with van der Waals surface area (Å²) in [5, 5.41) is 7.09. The molecule has 0 fully saturated rings. The van der Waals surface area contributed by atoms with E-state index in [2.05, 4.69) is 19.9 Å². The third-order valence-electron chi connectivity index (χ3n) is 4.05. The highest BCUT2D eigenvalue weighted by Crippen LogP contribution is 2.28. The van der Waals surface area contributed by atoms with Crippen molar-refractivity contribution < 1.29 is 31.8 Å². The summed E-state index contributed by atoms with van der Waals surface area (Å²) >= 11 is 0. The van der Waals surface area contributed by atoms with E-state index in [0.717, 1.165) is 23.5 Å². The Labute approximate surface area is 171 Å². The zero-order valence-electron chi connectivity index (χ0n) is 16.7. The maximum atomic E-state index is 12.6. The number of aryl methyl sites for hydroxylation is 2. The molecule has 0 saturated heterocycles. The van der Waals surface area contributed by atoms with Crippen LogP contribution in [0, 0.1) is 19.8 Å². The van der Waals surface area contributed by atoms with Crippen molar-refractivity contribution in [1.29, 1.82) is 0 Å². The molecule has 0 bridgehead atoms. The van der Waals surface area contributed by atoms with Crippen molar-refractivity contribution in [3.05, 3.63) is 47.3 Å². The minimum atomic E-state index is -3.16. The molecule has 6 nitrogen and oxygen atoms in total. The van der Waals surface area contributed by atoms with Crippen molar-refractivity contribution >= 4 is 12.0 Å². The topological polar surface area (TPSA) is 65.4 Å². The number of hydrogen-bond donors (Lipinski definition) is 1. The fourth-order valence-corrected chi connectivity index (χ4v) is 2.75. The van der Waals surface area contributed by atoms with Gasteiger partial charge in [0.05, 0.1) is 5.69 Å². The second-order valence-corrected chi connectivity index (χ2v) is 6.75. The minimum Gasteiger partial charge on any atom is -0.435 e. The zero-order valence-corrected chi connectivity index (χ0v) is 16.7. The quantitative estimate of drug-likeness (QED) is 0.455. The van der Waals surface area contributed by atoms with Gasteiger partial charge in [0.15, 0.2) is 0 Å². The van der Waals surface area contributed by atoms with Crippen LogP contribution < -0.4 is 14.8 Å². The van der Waals surface area contributed by atoms with Crippen molar-refractivity contribution in [2.45, 2.75) is 40.5 Å². The number of carbonyl (C=O) groups is 1. The normalized spacial score (nSPS) is 12.6. The standard InChI is InChI=1S/C20H23F4N3O3/c1-12(11-27-14(3)8-13(2)26-27)10-25-18(28)7-5-15-4-6-16(29-19(21)22)9-17(15)30-20(23)24/h4-9,12,19-20H,10-11H2,1-3H3,(H,25,28). The molecule has 0 aliphatic carbocycles. The lowest BCUT2D eigenvalue weighted by atomic mass is 10.1. The molecular weight excluding hydrogens is 406 g/mol. The molecule has 0 aliphatic rings. The van der Waals surface area contributed by atoms with Crippen LogP contribution in [0.3, 0.4) is 0 Å². The van der Waals surface area contributed by atoms with Crippen LogP contribution in [0.2, 0.25) is 0 Å². The number of hydrogen-bond acceptors (Lipinski definition) is 4. The van der Waals surface area contributed by atoms with Crippen molar-refractivity contribution in [2.24, 2.45) is 5.92 Å². The van der Waals surface area contributed by atoms with E-state index in [-0.39, 0.29) is 23.0 Å². The summed E-state index contributed by atoms with van der Waals surface area (Å²) in [5.74, 6) is -1.06. The largest absolute Gasteiger partial charge is 0.435 e. The second-order valence-electron chi connectivity index (χ2n) is 6.75. The molecule has 1 aromatic carbocycles. The molecule has 1 heterocycles. The van der Waals surface area contributed by atoms with E-state index in [1.807, 2.05) is 31.5 Å². The van der Waals surface area contributed by atoms with E-state index in [4.69, 9.17) is 0 Å². The number of rotatable bonds is 10. The molecule has 0 radical (unpaired) electrons. The SMILES string of the molecule is Cc1cc(C)n(CC(C)CNC(=O)C=Cc2ccc(OC(F)F)cc2OC(F)F)n1. The van der Waals surface area contributed by atoms with E-state index >= 15 is 0 Å². The lowest BCUT2D eigenvalue weighted by molar-refractivity contribution is -0.116. The first-order valence-electron chi connectivity index (χ1n) is 9.14. The van der Waals surface area contributed by atoms with Crippen LogP contribution in [0.15, 0.2) is 30.3 Å². The van der Waals surface area contributed by atoms with Gasteiger partial charge in [-0.15, -0.1) is 0 Å². The van der Waals surface area contributed by atoms with Gasteiger partial charge >= 0.3 is 13.2 Å². The van der Waals surface area contributed by atoms with E-state index < -0.39 is 19.1 Å². The Hall–Kier alpha value is -3.04. The summed E-state index contributed by atoms with van der Waals surface area (Å²) in [6.45, 7) is 0.543. The van der Waals surface area contributed by atoms with Crippen LogP contribution in [-0.4, -0.2) is 35.5 Å². The molecular formula is C20H23F4N3O3. The average Bonchev–Trinajstić information content (AvgIpc) is 2.95. The third-order valence-corrected chi connectivity index (χ3v) is 4.05. The fourth-order valence-electron chi connectivity index (χ4n) is 2.75. The van der Waals surface area contributed by atoms with Gasteiger partial charge in [-0.1, -0.05) is 6.92 Å². The van der Waals surface area contributed by atoms with Gasteiger partial charge in [0, 0.05) is 36.5 Å². The first-order valence-corrected chi connectivity index (χ1v) is 9.14. The molecule has 2 rings (SSSR count). The van der Waals surface area contributed by atoms with Crippen LogP contribution in [0.1, 0.15) is 23.9 Å². The van der Waals surface area contributed by atoms with E-state index in [9.17, 15) is 22.4 Å². The highest BCUT2D eigenvalue weighted by atomic mass is 19.3. The third kappa shape index (κ3) is 7.41. The number of benzene rings is 1. The number of carbonyl (C=O) groups excluding carboxylic acids is 1. The van der Waals surface area contributed by atoms with Gasteiger partial charge in [-0.05, 0) is 44.0 Å². The maximum Gasteiger partial charge on any atom is 0.387 e. The Kier molecular flexibility index (Phi) is 8.25. The molecule has 0 spiro atoms. The molecule has 1 aromatic heterocycles. The average molecular weight is 429 g/mol. The molecule has 30 heavy (non-hydrogen) atoms. The van der Waals surface area contributed by atoms with Crippen molar-refractivity contribution in [3.8, 4) is 11.5 Å². The molecule has 1 atom stereocenters. The lowest BCUT2D eigenvalue weighted by Crippen LogP contribution is -2.29. The number of nitrogens with zero attached hydrogens (tertiary/aromatic N) is 2. The predicted octanol–water partition coefficient (Wildman–Crippen LogP) is 4.17. The van der Waals surface area contributed by atoms with Crippen molar-refractivity contribution in [2.75, 3.05) is 6.54 Å². The van der Waals surface area contributed by atoms with Crippen LogP contribution >= 0.6 is 0 Å². The molecule has 0 aliphatic heterocycles. The zero-order chi connectivity index (χ0) is 22.3. The van der Waals surface area contributed by atoms with Crippen LogP contribution in [0.25, 0.3) is 6.08 Å². The summed E-state index contributed by atoms with van der Waals surface area (Å²) in [7, 11) is 0. The number of ether oxygens (including phenoxy) is 2. The maximum absolute atomic E-state index is 12.6. The molecule has 1 amide bonds. The summed E-state index contributed by atoms with van der Waals surface area (Å²) in [4.78, 5) is 12.1. The Morgan fingerprint density at radius 3 is 2.47 bits per heavy atom. The Morgan fingerprint density at radius 1 is 1.17 bits per heavy atom. The van der Waals surface area contributed by atoms with Crippen molar-refractivity contribution in [3.63, 3.8) is 0 Å². The van der Waals surface area contributed by atoms with E-state index in [1.165, 1.54) is 18.2 Å². The Bertz CT molecular complexity index is 884. The van der Waals surface area contributed by atoms with Gasteiger partial charge in [-0.2, -0.15) is 22.7 Å². The number of amides is 1. The van der Waals surface area contributed by atoms with Crippen LogP contribution in [0.4, 0.5) is 17.6 Å². The predicted molar refractivity (Wildman–Crippen MR) is 103 cm³/mol. The first-order chi connectivity index (χ1) is 14.1. The molecule has 1 N–H and O–H groups in total. The highest BCUT2D eigenvalue weighted by Gasteiger charge is 2.13. The monoisotopic (exact) mass is 429 g/mol. The second kappa shape index (κ2) is 10.7. The molecule has 10 heteroatoms. The van der Waals surface area contributed by atoms with E-state index in [0.29, 0.717) is 13.1 Å². The van der Waals surface area contributed by atoms with Gasteiger partial charge in [0.2, 0.25) is 5.91 Å². The van der Waals surface area contributed by atoms with Gasteiger partial charge in [0.1, 0.15) is 11.5 Å². The van der Waals surface area contributed by atoms with Crippen molar-refractivity contribution in [1.82, 2.24) is 15.1 Å². The minimum absolute atomic E-state index is 0.101. The lowest BCUT2D eigenvalue weighted by Gasteiger charge is -2.13. The summed E-state index contributed by atoms with van der Waals surface area (Å²) in [6.07, 6.45) is 2.40. The van der Waals surface area contributed by atoms with Gasteiger partial charge < -0.3 is 14.8 Å². The molecule has 0 saturated carbocycles. The number of aromatic nitrogens is 2. The van der Waals surface area contributed by atoms with E-state index in [1.54, 1.807) is 0 Å². The fraction of sp³-hybridized carbons (Fsp3) is 0.400. The smallest absolute Gasteiger partial charge is 0.387 e. The number of halogens is 4. The van der Waals surface area contributed by atoms with Crippen LogP contribution in [-0.2, 0) is 11.3 Å². The molecule has 164 valence electrons. The highest BCUT2D eigenvalue weighted by molar-refractivity contribution is 5.92. The first kappa shape index (κ1) is 23.2. The Morgan fingerprint density at radius 2 is 1.87 bits per heavy atom. The van der Waals surface area contributed by atoms with Gasteiger partial charge in [-0.3, -0.25) is 9.48 Å². The summed E-state index contributed by atoms with van der Waals surface area (Å²) in [5.41, 5.74) is 2.05. The van der Waals surface area contributed by atoms with Gasteiger partial charge in [-0.25, -0.2) is 0 Å². The van der Waals surface area contributed by atoms with Crippen LogP contribution in [0.5, 0.6) is 11.5 Å². The Balaban J connectivity index is 1.96. The van der Waals surface area contributed by atoms with Gasteiger partial charge in [0.25, 0.3) is 0 Å². The number of nitrogens with one attached hydrogen (secondary N) is 1. The summed E-state index contributed by atoms with van der Waals surface area (Å²) < 4.78 is 60.1. The molecule has 2 aromatic rings. The molecule has 1 unspecified atom stereocenters. The summed E-state index contributed by atoms with van der Waals surface area (Å²) in [6, 6.07) is 5.28.